The number of aliphatic hydroxyl groups is 2. The summed E-state index contributed by atoms with van der Waals surface area (Å²) in [5.74, 6) is 0.790. The van der Waals surface area contributed by atoms with Crippen LogP contribution in [0.15, 0.2) is 55.0 Å². The number of aliphatic hydroxyl groups excluding tert-OH is 2. The SMILES string of the molecule is OCCCNc1nc2cc(C(F)(F)F)ccc2n2c(I)cnc12.OCCCNc1nc2cc(C(F)(F)F)ccc2n2ccnc12. The lowest BCUT2D eigenvalue weighted by Crippen LogP contribution is -2.09. The summed E-state index contributed by atoms with van der Waals surface area (Å²) in [6.45, 7) is 0.939. The molecule has 0 amide bonds. The average molecular weight is 746 g/mol. The molecule has 4 heterocycles. The maximum absolute atomic E-state index is 12.9. The van der Waals surface area contributed by atoms with Gasteiger partial charge in [-0.05, 0) is 71.8 Å². The number of hydrogen-bond donors (Lipinski definition) is 4. The number of hydrogen-bond acceptors (Lipinski definition) is 8. The van der Waals surface area contributed by atoms with E-state index in [1.165, 1.54) is 12.1 Å². The van der Waals surface area contributed by atoms with Crippen LogP contribution in [0.4, 0.5) is 38.0 Å². The first-order valence-corrected chi connectivity index (χ1v) is 14.6. The smallest absolute Gasteiger partial charge is 0.396 e. The number of aromatic nitrogens is 6. The number of halogens is 7. The zero-order chi connectivity index (χ0) is 32.4. The molecule has 17 heteroatoms. The van der Waals surface area contributed by atoms with Crippen LogP contribution < -0.4 is 10.6 Å². The van der Waals surface area contributed by atoms with Crippen LogP contribution in [0.3, 0.4) is 0 Å². The van der Waals surface area contributed by atoms with Crippen LogP contribution in [0.25, 0.3) is 33.4 Å². The van der Waals surface area contributed by atoms with Gasteiger partial charge >= 0.3 is 12.4 Å². The topological polar surface area (TPSA) is 125 Å². The zero-order valence-corrected chi connectivity index (χ0v) is 25.3. The Hall–Kier alpha value is -3.97. The normalized spacial score (nSPS) is 12.2. The third-order valence-electron chi connectivity index (χ3n) is 6.61. The highest BCUT2D eigenvalue weighted by molar-refractivity contribution is 14.1. The molecular formula is C28H25F6IN8O2. The van der Waals surface area contributed by atoms with Crippen LogP contribution in [0.1, 0.15) is 24.0 Å². The number of rotatable bonds is 8. The molecule has 4 aromatic heterocycles. The minimum Gasteiger partial charge on any atom is -0.396 e. The Bertz CT molecular complexity index is 1960. The van der Waals surface area contributed by atoms with E-state index in [1.54, 1.807) is 27.4 Å². The summed E-state index contributed by atoms with van der Waals surface area (Å²) >= 11 is 2.07. The predicted octanol–water partition coefficient (Wildman–Crippen LogP) is 6.00. The Labute approximate surface area is 264 Å². The van der Waals surface area contributed by atoms with Crippen LogP contribution in [0, 0.1) is 3.70 Å². The van der Waals surface area contributed by atoms with Gasteiger partial charge in [-0.1, -0.05) is 0 Å². The van der Waals surface area contributed by atoms with Crippen molar-refractivity contribution in [3.05, 3.63) is 69.8 Å². The van der Waals surface area contributed by atoms with E-state index >= 15 is 0 Å². The molecule has 238 valence electrons. The van der Waals surface area contributed by atoms with Gasteiger partial charge in [-0.3, -0.25) is 8.80 Å². The minimum atomic E-state index is -4.42. The van der Waals surface area contributed by atoms with E-state index in [9.17, 15) is 26.3 Å². The maximum Gasteiger partial charge on any atom is 0.416 e. The average Bonchev–Trinajstić information content (AvgIpc) is 3.64. The zero-order valence-electron chi connectivity index (χ0n) is 23.2. The minimum absolute atomic E-state index is 0.0149. The van der Waals surface area contributed by atoms with Crippen molar-refractivity contribution in [2.24, 2.45) is 0 Å². The first kappa shape index (κ1) is 32.4. The number of benzene rings is 2. The molecule has 0 fully saturated rings. The summed E-state index contributed by atoms with van der Waals surface area (Å²) in [5.41, 5.74) is 1.16. The summed E-state index contributed by atoms with van der Waals surface area (Å²) in [6, 6.07) is 6.91. The lowest BCUT2D eigenvalue weighted by molar-refractivity contribution is -0.138. The molecule has 0 spiro atoms. The Morgan fingerprint density at radius 1 is 0.733 bits per heavy atom. The van der Waals surface area contributed by atoms with Crippen molar-refractivity contribution >= 4 is 67.6 Å². The van der Waals surface area contributed by atoms with Crippen LogP contribution in [-0.2, 0) is 12.4 Å². The van der Waals surface area contributed by atoms with Gasteiger partial charge in [0.05, 0.1) is 39.4 Å². The molecular weight excluding hydrogens is 721 g/mol. The van der Waals surface area contributed by atoms with E-state index in [4.69, 9.17) is 10.2 Å². The van der Waals surface area contributed by atoms with Gasteiger partial charge in [0.15, 0.2) is 22.9 Å². The number of imidazole rings is 2. The van der Waals surface area contributed by atoms with Crippen LogP contribution in [-0.4, -0.2) is 65.3 Å². The highest BCUT2D eigenvalue weighted by atomic mass is 127. The summed E-state index contributed by atoms with van der Waals surface area (Å²) in [4.78, 5) is 17.0. The Kier molecular flexibility index (Phi) is 9.49. The van der Waals surface area contributed by atoms with Gasteiger partial charge in [-0.25, -0.2) is 19.9 Å². The van der Waals surface area contributed by atoms with E-state index in [0.717, 1.165) is 28.0 Å². The number of anilines is 2. The number of alkyl halides is 6. The fourth-order valence-corrected chi connectivity index (χ4v) is 5.15. The number of nitrogens with zero attached hydrogens (tertiary/aromatic N) is 6. The molecule has 0 atom stereocenters. The van der Waals surface area contributed by atoms with Crippen molar-refractivity contribution in [3.63, 3.8) is 0 Å². The monoisotopic (exact) mass is 746 g/mol. The van der Waals surface area contributed by atoms with Crippen molar-refractivity contribution in [1.29, 1.82) is 0 Å². The van der Waals surface area contributed by atoms with Gasteiger partial charge in [0.1, 0.15) is 3.70 Å². The van der Waals surface area contributed by atoms with Crippen molar-refractivity contribution in [1.82, 2.24) is 28.7 Å². The molecule has 0 aliphatic heterocycles. The molecule has 0 aliphatic rings. The molecule has 45 heavy (non-hydrogen) atoms. The van der Waals surface area contributed by atoms with E-state index < -0.39 is 23.5 Å². The quantitative estimate of drug-likeness (QED) is 0.0851. The molecule has 2 aromatic carbocycles. The molecule has 0 saturated heterocycles. The molecule has 6 rings (SSSR count). The summed E-state index contributed by atoms with van der Waals surface area (Å²) < 4.78 is 81.4. The number of fused-ring (bicyclic) bond motifs is 6. The highest BCUT2D eigenvalue weighted by Crippen LogP contribution is 2.33. The molecule has 4 N–H and O–H groups in total. The number of nitrogens with one attached hydrogen (secondary N) is 2. The summed E-state index contributed by atoms with van der Waals surface area (Å²) in [7, 11) is 0. The summed E-state index contributed by atoms with van der Waals surface area (Å²) in [6.07, 6.45) is -2.95. The van der Waals surface area contributed by atoms with E-state index in [2.05, 4.69) is 53.2 Å². The van der Waals surface area contributed by atoms with Gasteiger partial charge in [-0.15, -0.1) is 0 Å². The molecule has 6 aromatic rings. The van der Waals surface area contributed by atoms with Gasteiger partial charge in [0.25, 0.3) is 0 Å². The predicted molar refractivity (Wildman–Crippen MR) is 164 cm³/mol. The van der Waals surface area contributed by atoms with Crippen LogP contribution in [0.5, 0.6) is 0 Å². The fraction of sp³-hybridized carbons (Fsp3) is 0.286. The van der Waals surface area contributed by atoms with E-state index in [0.29, 0.717) is 59.9 Å². The van der Waals surface area contributed by atoms with Crippen molar-refractivity contribution in [2.45, 2.75) is 25.2 Å². The highest BCUT2D eigenvalue weighted by Gasteiger charge is 2.32. The third-order valence-corrected chi connectivity index (χ3v) is 7.37. The van der Waals surface area contributed by atoms with Gasteiger partial charge in [0.2, 0.25) is 0 Å². The Morgan fingerprint density at radius 2 is 1.27 bits per heavy atom. The van der Waals surface area contributed by atoms with Crippen LogP contribution in [0.2, 0.25) is 0 Å². The molecule has 0 bridgehead atoms. The molecule has 0 saturated carbocycles. The summed E-state index contributed by atoms with van der Waals surface area (Å²) in [5, 5.41) is 23.7. The van der Waals surface area contributed by atoms with Crippen LogP contribution >= 0.6 is 22.6 Å². The molecule has 0 aliphatic carbocycles. The van der Waals surface area contributed by atoms with Gasteiger partial charge in [0, 0.05) is 38.7 Å². The lowest BCUT2D eigenvalue weighted by Gasteiger charge is -2.12. The Morgan fingerprint density at radius 3 is 1.82 bits per heavy atom. The first-order valence-electron chi connectivity index (χ1n) is 13.5. The van der Waals surface area contributed by atoms with Crippen molar-refractivity contribution in [2.75, 3.05) is 36.9 Å². The Balaban J connectivity index is 0.000000178. The fourth-order valence-electron chi connectivity index (χ4n) is 4.52. The molecule has 10 nitrogen and oxygen atoms in total. The second-order valence-electron chi connectivity index (χ2n) is 9.69. The lowest BCUT2D eigenvalue weighted by atomic mass is 10.2. The van der Waals surface area contributed by atoms with Crippen molar-refractivity contribution < 1.29 is 36.6 Å². The van der Waals surface area contributed by atoms with Gasteiger partial charge < -0.3 is 20.8 Å². The standard InChI is InChI=1S/C14H12F3IN4O.C14H13F3N4O/c15-14(16,17)8-2-3-10-9(6-8)21-12(19-4-1-5-23)13-20-7-11(18)22(10)13;15-14(16,17)9-2-3-11-10(8-9)20-12(18-4-1-7-22)13-19-5-6-21(11)13/h2-3,6-7,23H,1,4-5H2,(H,19,21);2-3,5-6,8,22H,1,4,7H2,(H,18,20). The molecule has 0 unspecified atom stereocenters. The van der Waals surface area contributed by atoms with Crippen molar-refractivity contribution in [3.8, 4) is 0 Å². The van der Waals surface area contributed by atoms with Gasteiger partial charge in [-0.2, -0.15) is 26.3 Å². The third kappa shape index (κ3) is 6.99. The van der Waals surface area contributed by atoms with E-state index in [-0.39, 0.29) is 24.2 Å². The van der Waals surface area contributed by atoms with E-state index in [1.807, 2.05) is 0 Å². The second kappa shape index (κ2) is 13.2. The molecule has 0 radical (unpaired) electrons. The second-order valence-corrected chi connectivity index (χ2v) is 10.8. The maximum atomic E-state index is 12.9. The first-order chi connectivity index (χ1) is 21.4. The largest absolute Gasteiger partial charge is 0.416 e.